The van der Waals surface area contributed by atoms with Crippen LogP contribution in [-0.2, 0) is 4.79 Å². The quantitative estimate of drug-likeness (QED) is 0.241. The van der Waals surface area contributed by atoms with E-state index < -0.39 is 0 Å². The van der Waals surface area contributed by atoms with E-state index in [4.69, 9.17) is 10.5 Å². The summed E-state index contributed by atoms with van der Waals surface area (Å²) in [4.78, 5) is 18.3. The van der Waals surface area contributed by atoms with Gasteiger partial charge in [0.05, 0.1) is 5.69 Å². The van der Waals surface area contributed by atoms with Gasteiger partial charge in [-0.25, -0.2) is 0 Å². The molecule has 7 heteroatoms. The highest BCUT2D eigenvalue weighted by molar-refractivity contribution is 14.0. The molecule has 0 spiro atoms. The van der Waals surface area contributed by atoms with Gasteiger partial charge in [0.15, 0.2) is 12.6 Å². The molecule has 1 aromatic rings. The Kier molecular flexibility index (Phi) is 10.5. The molecule has 0 aromatic heterocycles. The second kappa shape index (κ2) is 12.0. The number of rotatable bonds is 9. The van der Waals surface area contributed by atoms with Gasteiger partial charge in [0.2, 0.25) is 0 Å². The van der Waals surface area contributed by atoms with Crippen molar-refractivity contribution >= 4 is 41.5 Å². The lowest BCUT2D eigenvalue weighted by molar-refractivity contribution is -0.121. The minimum atomic E-state index is -0.0162. The van der Waals surface area contributed by atoms with Gasteiger partial charge in [-0.3, -0.25) is 9.79 Å². The van der Waals surface area contributed by atoms with Gasteiger partial charge in [-0.15, -0.1) is 24.0 Å². The SMILES string of the molecule is CC(C)CCCC(C)NC(N)=NCCCN1C(=O)COc2ccccc21.I. The van der Waals surface area contributed by atoms with E-state index in [0.29, 0.717) is 25.1 Å². The van der Waals surface area contributed by atoms with E-state index >= 15 is 0 Å². The Hall–Kier alpha value is -1.51. The maximum atomic E-state index is 12.1. The second-order valence-corrected chi connectivity index (χ2v) is 7.29. The molecule has 1 aliphatic heterocycles. The molecule has 0 fully saturated rings. The highest BCUT2D eigenvalue weighted by Gasteiger charge is 2.24. The normalized spacial score (nSPS) is 15.0. The van der Waals surface area contributed by atoms with Crippen LogP contribution >= 0.6 is 24.0 Å². The Morgan fingerprint density at radius 1 is 1.26 bits per heavy atom. The smallest absolute Gasteiger partial charge is 0.265 e. The van der Waals surface area contributed by atoms with Gasteiger partial charge in [0, 0.05) is 19.1 Å². The lowest BCUT2D eigenvalue weighted by Crippen LogP contribution is -2.40. The number of aliphatic imine (C=N–C) groups is 1. The van der Waals surface area contributed by atoms with Crippen molar-refractivity contribution in [3.63, 3.8) is 0 Å². The number of carbonyl (C=O) groups is 1. The number of para-hydroxylation sites is 2. The highest BCUT2D eigenvalue weighted by Crippen LogP contribution is 2.31. The molecule has 0 saturated heterocycles. The van der Waals surface area contributed by atoms with Crippen molar-refractivity contribution < 1.29 is 9.53 Å². The molecule has 1 unspecified atom stereocenters. The first-order valence-electron chi connectivity index (χ1n) is 9.56. The molecule has 0 aliphatic carbocycles. The lowest BCUT2D eigenvalue weighted by atomic mass is 10.0. The summed E-state index contributed by atoms with van der Waals surface area (Å²) in [7, 11) is 0. The van der Waals surface area contributed by atoms with Crippen molar-refractivity contribution in [1.82, 2.24) is 5.32 Å². The summed E-state index contributed by atoms with van der Waals surface area (Å²) in [6, 6.07) is 7.94. The topological polar surface area (TPSA) is 80.0 Å². The first kappa shape index (κ1) is 23.5. The number of nitrogens with one attached hydrogen (secondary N) is 1. The van der Waals surface area contributed by atoms with Crippen LogP contribution in [0.3, 0.4) is 0 Å². The number of halogens is 1. The number of fused-ring (bicyclic) bond motifs is 1. The predicted octanol–water partition coefficient (Wildman–Crippen LogP) is 3.54. The molecule has 0 bridgehead atoms. The summed E-state index contributed by atoms with van der Waals surface area (Å²) in [5.41, 5.74) is 6.80. The summed E-state index contributed by atoms with van der Waals surface area (Å²) in [5, 5.41) is 3.24. The average Bonchev–Trinajstić information content (AvgIpc) is 2.59. The highest BCUT2D eigenvalue weighted by atomic mass is 127. The largest absolute Gasteiger partial charge is 0.482 e. The van der Waals surface area contributed by atoms with E-state index in [9.17, 15) is 4.79 Å². The summed E-state index contributed by atoms with van der Waals surface area (Å²) in [5.74, 6) is 1.96. The Labute approximate surface area is 179 Å². The molecule has 0 saturated carbocycles. The summed E-state index contributed by atoms with van der Waals surface area (Å²) >= 11 is 0. The van der Waals surface area contributed by atoms with Crippen LogP contribution in [-0.4, -0.2) is 37.6 Å². The number of hydrogen-bond donors (Lipinski definition) is 2. The van der Waals surface area contributed by atoms with Gasteiger partial charge < -0.3 is 20.7 Å². The third-order valence-corrected chi connectivity index (χ3v) is 4.44. The fourth-order valence-corrected chi connectivity index (χ4v) is 3.03. The number of nitrogens with two attached hydrogens (primary N) is 1. The number of carbonyl (C=O) groups excluding carboxylic acids is 1. The molecule has 152 valence electrons. The first-order chi connectivity index (χ1) is 12.5. The molecular formula is C20H33IN4O2. The fraction of sp³-hybridized carbons (Fsp3) is 0.600. The summed E-state index contributed by atoms with van der Waals surface area (Å²) < 4.78 is 5.45. The summed E-state index contributed by atoms with van der Waals surface area (Å²) in [6.07, 6.45) is 4.27. The molecule has 3 N–H and O–H groups in total. The van der Waals surface area contributed by atoms with Crippen molar-refractivity contribution in [2.75, 3.05) is 24.6 Å². The van der Waals surface area contributed by atoms with Crippen LogP contribution in [0.4, 0.5) is 5.69 Å². The average molecular weight is 488 g/mol. The van der Waals surface area contributed by atoms with Crippen molar-refractivity contribution in [2.45, 2.75) is 52.5 Å². The van der Waals surface area contributed by atoms with Crippen LogP contribution in [0.15, 0.2) is 29.3 Å². The molecule has 1 aromatic carbocycles. The zero-order chi connectivity index (χ0) is 18.9. The number of benzene rings is 1. The van der Waals surface area contributed by atoms with Gasteiger partial charge in [0.1, 0.15) is 5.75 Å². The zero-order valence-electron chi connectivity index (χ0n) is 16.6. The summed E-state index contributed by atoms with van der Waals surface area (Å²) in [6.45, 7) is 7.91. The Balaban J connectivity index is 0.00000364. The predicted molar refractivity (Wildman–Crippen MR) is 122 cm³/mol. The third-order valence-electron chi connectivity index (χ3n) is 4.44. The van der Waals surface area contributed by atoms with Crippen molar-refractivity contribution in [3.8, 4) is 5.75 Å². The molecule has 2 rings (SSSR count). The minimum absolute atomic E-state index is 0. The minimum Gasteiger partial charge on any atom is -0.482 e. The lowest BCUT2D eigenvalue weighted by Gasteiger charge is -2.29. The van der Waals surface area contributed by atoms with Gasteiger partial charge in [-0.2, -0.15) is 0 Å². The molecule has 1 atom stereocenters. The van der Waals surface area contributed by atoms with Crippen LogP contribution in [0.25, 0.3) is 0 Å². The standard InChI is InChI=1S/C20H32N4O2.HI/c1-15(2)8-6-9-16(3)23-20(21)22-12-7-13-24-17-10-4-5-11-18(17)26-14-19(24)25;/h4-5,10-11,15-16H,6-9,12-14H2,1-3H3,(H3,21,22,23);1H. The number of ether oxygens (including phenoxy) is 1. The first-order valence-corrected chi connectivity index (χ1v) is 9.56. The van der Waals surface area contributed by atoms with Gasteiger partial charge in [-0.1, -0.05) is 38.8 Å². The van der Waals surface area contributed by atoms with Crippen LogP contribution in [0.1, 0.15) is 46.5 Å². The maximum absolute atomic E-state index is 12.1. The number of anilines is 1. The maximum Gasteiger partial charge on any atom is 0.265 e. The molecule has 1 aliphatic rings. The Bertz CT molecular complexity index is 622. The number of nitrogens with zero attached hydrogens (tertiary/aromatic N) is 2. The van der Waals surface area contributed by atoms with Crippen LogP contribution in [0, 0.1) is 5.92 Å². The number of guanidine groups is 1. The third kappa shape index (κ3) is 7.94. The molecular weight excluding hydrogens is 455 g/mol. The van der Waals surface area contributed by atoms with Crippen molar-refractivity contribution in [3.05, 3.63) is 24.3 Å². The molecule has 6 nitrogen and oxygen atoms in total. The second-order valence-electron chi connectivity index (χ2n) is 7.29. The molecule has 0 radical (unpaired) electrons. The zero-order valence-corrected chi connectivity index (χ0v) is 18.9. The van der Waals surface area contributed by atoms with Crippen molar-refractivity contribution in [1.29, 1.82) is 0 Å². The van der Waals surface area contributed by atoms with Crippen LogP contribution < -0.4 is 20.7 Å². The molecule has 27 heavy (non-hydrogen) atoms. The monoisotopic (exact) mass is 488 g/mol. The van der Waals surface area contributed by atoms with E-state index in [2.05, 4.69) is 31.1 Å². The van der Waals surface area contributed by atoms with Crippen LogP contribution in [0.2, 0.25) is 0 Å². The van der Waals surface area contributed by atoms with Crippen molar-refractivity contribution in [2.24, 2.45) is 16.6 Å². The molecule has 1 amide bonds. The van der Waals surface area contributed by atoms with Gasteiger partial charge in [-0.05, 0) is 37.8 Å². The number of hydrogen-bond acceptors (Lipinski definition) is 3. The fourth-order valence-electron chi connectivity index (χ4n) is 3.03. The van der Waals surface area contributed by atoms with Crippen LogP contribution in [0.5, 0.6) is 5.75 Å². The van der Waals surface area contributed by atoms with Gasteiger partial charge >= 0.3 is 0 Å². The van der Waals surface area contributed by atoms with E-state index in [1.165, 1.54) is 12.8 Å². The van der Waals surface area contributed by atoms with Gasteiger partial charge in [0.25, 0.3) is 5.91 Å². The molecule has 1 heterocycles. The Morgan fingerprint density at radius 3 is 2.74 bits per heavy atom. The van der Waals surface area contributed by atoms with E-state index in [0.717, 1.165) is 30.2 Å². The van der Waals surface area contributed by atoms with E-state index in [1.54, 1.807) is 4.90 Å². The number of amides is 1. The van der Waals surface area contributed by atoms with E-state index in [-0.39, 0.29) is 36.5 Å². The van der Waals surface area contributed by atoms with E-state index in [1.807, 2.05) is 24.3 Å². The Morgan fingerprint density at radius 2 is 2.00 bits per heavy atom.